The summed E-state index contributed by atoms with van der Waals surface area (Å²) in [4.78, 5) is 0. The van der Waals surface area contributed by atoms with E-state index in [0.717, 1.165) is 0 Å². The molecule has 1 fully saturated rings. The predicted molar refractivity (Wildman–Crippen MR) is 61.8 cm³/mol. The molecule has 84 valence electrons. The van der Waals surface area contributed by atoms with E-state index < -0.39 is 0 Å². The second-order valence-corrected chi connectivity index (χ2v) is 4.63. The van der Waals surface area contributed by atoms with Crippen molar-refractivity contribution in [3.05, 3.63) is 18.0 Å². The number of aromatic nitrogens is 2. The Bertz CT molecular complexity index is 300. The fourth-order valence-electron chi connectivity index (χ4n) is 2.47. The van der Waals surface area contributed by atoms with Crippen molar-refractivity contribution in [2.24, 2.45) is 5.73 Å². The fraction of sp³-hybridized carbons (Fsp3) is 0.750. The van der Waals surface area contributed by atoms with Crippen LogP contribution in [0, 0.1) is 0 Å². The zero-order valence-corrected chi connectivity index (χ0v) is 9.52. The Morgan fingerprint density at radius 3 is 2.87 bits per heavy atom. The Morgan fingerprint density at radius 2 is 2.20 bits per heavy atom. The van der Waals surface area contributed by atoms with Crippen molar-refractivity contribution in [1.29, 1.82) is 0 Å². The Kier molecular flexibility index (Phi) is 3.41. The van der Waals surface area contributed by atoms with Gasteiger partial charge in [0.05, 0.1) is 6.04 Å². The molecule has 0 bridgehead atoms. The van der Waals surface area contributed by atoms with Crippen LogP contribution in [0.25, 0.3) is 0 Å². The molecule has 2 rings (SSSR count). The van der Waals surface area contributed by atoms with Crippen LogP contribution in [0.1, 0.15) is 56.7 Å². The summed E-state index contributed by atoms with van der Waals surface area (Å²) in [6.45, 7) is 2.88. The summed E-state index contributed by atoms with van der Waals surface area (Å²) in [5.41, 5.74) is 7.03. The van der Waals surface area contributed by atoms with Gasteiger partial charge in [0, 0.05) is 24.4 Å². The molecule has 15 heavy (non-hydrogen) atoms. The molecule has 2 N–H and O–H groups in total. The highest BCUT2D eigenvalue weighted by molar-refractivity contribution is 5.08. The van der Waals surface area contributed by atoms with E-state index in [1.807, 2.05) is 6.20 Å². The van der Waals surface area contributed by atoms with Crippen LogP contribution in [-0.2, 0) is 0 Å². The summed E-state index contributed by atoms with van der Waals surface area (Å²) >= 11 is 0. The minimum Gasteiger partial charge on any atom is -0.330 e. The molecule has 1 aromatic rings. The molecule has 0 saturated heterocycles. The van der Waals surface area contributed by atoms with E-state index in [0.29, 0.717) is 18.5 Å². The number of nitrogens with zero attached hydrogens (tertiary/aromatic N) is 2. The first kappa shape index (κ1) is 10.7. The summed E-state index contributed by atoms with van der Waals surface area (Å²) in [7, 11) is 0. The molecule has 0 spiro atoms. The van der Waals surface area contributed by atoms with Gasteiger partial charge in [0.2, 0.25) is 0 Å². The lowest BCUT2D eigenvalue weighted by Crippen LogP contribution is -2.20. The molecular formula is C12H21N3. The summed E-state index contributed by atoms with van der Waals surface area (Å²) < 4.78 is 2.22. The molecule has 1 aliphatic carbocycles. The molecule has 0 radical (unpaired) electrons. The Hall–Kier alpha value is -0.830. The average Bonchev–Trinajstić information content (AvgIpc) is 2.78. The van der Waals surface area contributed by atoms with E-state index in [4.69, 9.17) is 5.73 Å². The fourth-order valence-corrected chi connectivity index (χ4v) is 2.47. The molecule has 3 heteroatoms. The Labute approximate surface area is 91.7 Å². The van der Waals surface area contributed by atoms with Crippen molar-refractivity contribution in [3.8, 4) is 0 Å². The third-order valence-corrected chi connectivity index (χ3v) is 3.48. The van der Waals surface area contributed by atoms with Crippen LogP contribution >= 0.6 is 0 Å². The van der Waals surface area contributed by atoms with Gasteiger partial charge >= 0.3 is 0 Å². The zero-order chi connectivity index (χ0) is 10.7. The topological polar surface area (TPSA) is 43.8 Å². The first-order valence-electron chi connectivity index (χ1n) is 6.06. The third-order valence-electron chi connectivity index (χ3n) is 3.48. The SMILES string of the molecule is CC(CN)c1ccnn1C1CCCCC1. The van der Waals surface area contributed by atoms with Crippen LogP contribution in [0.2, 0.25) is 0 Å². The molecule has 1 aromatic heterocycles. The number of hydrogen-bond donors (Lipinski definition) is 1. The normalized spacial score (nSPS) is 20.4. The zero-order valence-electron chi connectivity index (χ0n) is 9.52. The van der Waals surface area contributed by atoms with Crippen molar-refractivity contribution in [2.45, 2.75) is 51.0 Å². The molecule has 0 amide bonds. The second kappa shape index (κ2) is 4.79. The average molecular weight is 207 g/mol. The van der Waals surface area contributed by atoms with Crippen LogP contribution in [-0.4, -0.2) is 16.3 Å². The molecule has 3 nitrogen and oxygen atoms in total. The monoisotopic (exact) mass is 207 g/mol. The van der Waals surface area contributed by atoms with Gasteiger partial charge in [-0.2, -0.15) is 5.10 Å². The molecule has 0 aromatic carbocycles. The number of hydrogen-bond acceptors (Lipinski definition) is 2. The van der Waals surface area contributed by atoms with Crippen LogP contribution in [0.15, 0.2) is 12.3 Å². The lowest BCUT2D eigenvalue weighted by molar-refractivity contribution is 0.318. The molecule has 1 atom stereocenters. The summed E-state index contributed by atoms with van der Waals surface area (Å²) in [6.07, 6.45) is 8.57. The van der Waals surface area contributed by atoms with Crippen molar-refractivity contribution in [1.82, 2.24) is 9.78 Å². The minimum absolute atomic E-state index is 0.425. The van der Waals surface area contributed by atoms with E-state index in [1.54, 1.807) is 0 Å². The lowest BCUT2D eigenvalue weighted by Gasteiger charge is -2.25. The smallest absolute Gasteiger partial charge is 0.0522 e. The van der Waals surface area contributed by atoms with Gasteiger partial charge in [-0.3, -0.25) is 4.68 Å². The largest absolute Gasteiger partial charge is 0.330 e. The molecule has 0 aliphatic heterocycles. The molecule has 1 heterocycles. The summed E-state index contributed by atoms with van der Waals surface area (Å²) in [6, 6.07) is 2.74. The number of nitrogens with two attached hydrogens (primary N) is 1. The Balaban J connectivity index is 2.15. The highest BCUT2D eigenvalue weighted by Gasteiger charge is 2.19. The van der Waals surface area contributed by atoms with Gasteiger partial charge in [0.25, 0.3) is 0 Å². The van der Waals surface area contributed by atoms with Gasteiger partial charge in [-0.05, 0) is 18.9 Å². The van der Waals surface area contributed by atoms with E-state index in [2.05, 4.69) is 22.8 Å². The van der Waals surface area contributed by atoms with Crippen molar-refractivity contribution in [2.75, 3.05) is 6.54 Å². The first-order chi connectivity index (χ1) is 7.33. The van der Waals surface area contributed by atoms with E-state index in [1.165, 1.54) is 37.8 Å². The molecular weight excluding hydrogens is 186 g/mol. The molecule has 1 saturated carbocycles. The minimum atomic E-state index is 0.425. The third kappa shape index (κ3) is 2.23. The maximum atomic E-state index is 5.72. The van der Waals surface area contributed by atoms with Crippen molar-refractivity contribution in [3.63, 3.8) is 0 Å². The standard InChI is InChI=1S/C12H21N3/c1-10(9-13)12-7-8-14-15(12)11-5-3-2-4-6-11/h7-8,10-11H,2-6,9,13H2,1H3. The lowest BCUT2D eigenvalue weighted by atomic mass is 9.95. The quantitative estimate of drug-likeness (QED) is 0.827. The number of rotatable bonds is 3. The van der Waals surface area contributed by atoms with Gasteiger partial charge in [-0.1, -0.05) is 26.2 Å². The van der Waals surface area contributed by atoms with Crippen molar-refractivity contribution >= 4 is 0 Å². The Morgan fingerprint density at radius 1 is 1.47 bits per heavy atom. The van der Waals surface area contributed by atoms with E-state index >= 15 is 0 Å². The molecule has 1 unspecified atom stereocenters. The van der Waals surface area contributed by atoms with Crippen LogP contribution < -0.4 is 5.73 Å². The van der Waals surface area contributed by atoms with Gasteiger partial charge < -0.3 is 5.73 Å². The maximum Gasteiger partial charge on any atom is 0.0522 e. The van der Waals surface area contributed by atoms with E-state index in [-0.39, 0.29) is 0 Å². The summed E-state index contributed by atoms with van der Waals surface area (Å²) in [5.74, 6) is 0.425. The van der Waals surface area contributed by atoms with Gasteiger partial charge in [-0.15, -0.1) is 0 Å². The predicted octanol–water partition coefficient (Wildman–Crippen LogP) is 2.45. The van der Waals surface area contributed by atoms with Crippen LogP contribution in [0.4, 0.5) is 0 Å². The highest BCUT2D eigenvalue weighted by Crippen LogP contribution is 2.30. The second-order valence-electron chi connectivity index (χ2n) is 4.63. The van der Waals surface area contributed by atoms with Crippen LogP contribution in [0.3, 0.4) is 0 Å². The van der Waals surface area contributed by atoms with Crippen LogP contribution in [0.5, 0.6) is 0 Å². The van der Waals surface area contributed by atoms with E-state index in [9.17, 15) is 0 Å². The maximum absolute atomic E-state index is 5.72. The first-order valence-corrected chi connectivity index (χ1v) is 6.06. The van der Waals surface area contributed by atoms with Crippen molar-refractivity contribution < 1.29 is 0 Å². The molecule has 1 aliphatic rings. The van der Waals surface area contributed by atoms with Gasteiger partial charge in [0.15, 0.2) is 0 Å². The summed E-state index contributed by atoms with van der Waals surface area (Å²) in [5, 5.41) is 4.47. The van der Waals surface area contributed by atoms with Gasteiger partial charge in [-0.25, -0.2) is 0 Å². The van der Waals surface area contributed by atoms with Gasteiger partial charge in [0.1, 0.15) is 0 Å². The highest BCUT2D eigenvalue weighted by atomic mass is 15.3.